The van der Waals surface area contributed by atoms with Gasteiger partial charge in [0.2, 0.25) is 11.8 Å². The highest BCUT2D eigenvalue weighted by Gasteiger charge is 2.37. The van der Waals surface area contributed by atoms with E-state index >= 15 is 0 Å². The summed E-state index contributed by atoms with van der Waals surface area (Å²) in [4.78, 5) is 41.7. The lowest BCUT2D eigenvalue weighted by molar-refractivity contribution is -0.127. The van der Waals surface area contributed by atoms with E-state index in [0.29, 0.717) is 21.6 Å². The standard InChI is InChI=1S/C20H18ClN3O4S/c1-11-3-6-13(21)9-15(11)23-20-24(2)18(26)16(29-20)10-17(25)22-14-7-4-12(5-8-14)19(27)28/h3-9,16H,10H2,1-2H3,(H,22,25)(H,27,28)/t16-/m1/s1. The maximum atomic E-state index is 12.5. The van der Waals surface area contributed by atoms with Crippen LogP contribution in [0.15, 0.2) is 47.5 Å². The number of carbonyl (C=O) groups excluding carboxylic acids is 2. The molecule has 7 nitrogen and oxygen atoms in total. The molecule has 29 heavy (non-hydrogen) atoms. The number of carboxylic acids is 1. The number of carboxylic acid groups (broad SMARTS) is 1. The van der Waals surface area contributed by atoms with E-state index in [-0.39, 0.29) is 23.8 Å². The van der Waals surface area contributed by atoms with Crippen molar-refractivity contribution in [2.24, 2.45) is 4.99 Å². The quantitative estimate of drug-likeness (QED) is 0.747. The molecule has 0 unspecified atom stereocenters. The van der Waals surface area contributed by atoms with Crippen LogP contribution in [-0.4, -0.2) is 45.3 Å². The van der Waals surface area contributed by atoms with Gasteiger partial charge in [-0.25, -0.2) is 9.79 Å². The molecule has 0 radical (unpaired) electrons. The van der Waals surface area contributed by atoms with Gasteiger partial charge in [-0.2, -0.15) is 0 Å². The minimum atomic E-state index is -1.04. The molecule has 1 fully saturated rings. The molecule has 1 heterocycles. The fourth-order valence-corrected chi connectivity index (χ4v) is 3.99. The van der Waals surface area contributed by atoms with Gasteiger partial charge in [0.1, 0.15) is 5.25 Å². The summed E-state index contributed by atoms with van der Waals surface area (Å²) in [5.74, 6) is -1.59. The highest BCUT2D eigenvalue weighted by Crippen LogP contribution is 2.32. The summed E-state index contributed by atoms with van der Waals surface area (Å²) >= 11 is 7.25. The molecular formula is C20H18ClN3O4S. The molecule has 150 valence electrons. The molecule has 0 aliphatic carbocycles. The first-order chi connectivity index (χ1) is 13.7. The number of hydrogen-bond acceptors (Lipinski definition) is 5. The normalized spacial score (nSPS) is 17.6. The molecule has 0 bridgehead atoms. The average Bonchev–Trinajstić information content (AvgIpc) is 2.93. The lowest BCUT2D eigenvalue weighted by atomic mass is 10.2. The summed E-state index contributed by atoms with van der Waals surface area (Å²) in [7, 11) is 1.62. The highest BCUT2D eigenvalue weighted by molar-refractivity contribution is 8.15. The maximum Gasteiger partial charge on any atom is 0.335 e. The molecule has 1 atom stereocenters. The van der Waals surface area contributed by atoms with Crippen molar-refractivity contribution in [1.29, 1.82) is 0 Å². The van der Waals surface area contributed by atoms with Crippen molar-refractivity contribution < 1.29 is 19.5 Å². The Hall–Kier alpha value is -2.84. The number of carbonyl (C=O) groups is 3. The molecule has 0 saturated carbocycles. The smallest absolute Gasteiger partial charge is 0.335 e. The second-order valence-corrected chi connectivity index (χ2v) is 8.07. The molecule has 0 spiro atoms. The van der Waals surface area contributed by atoms with Crippen molar-refractivity contribution in [3.63, 3.8) is 0 Å². The summed E-state index contributed by atoms with van der Waals surface area (Å²) < 4.78 is 0. The monoisotopic (exact) mass is 431 g/mol. The Kier molecular flexibility index (Phi) is 6.24. The topological polar surface area (TPSA) is 99.1 Å². The van der Waals surface area contributed by atoms with E-state index in [4.69, 9.17) is 16.7 Å². The van der Waals surface area contributed by atoms with Crippen LogP contribution in [0.1, 0.15) is 22.3 Å². The van der Waals surface area contributed by atoms with Gasteiger partial charge < -0.3 is 10.4 Å². The Labute approximate surface area is 176 Å². The van der Waals surface area contributed by atoms with Crippen LogP contribution in [0, 0.1) is 6.92 Å². The van der Waals surface area contributed by atoms with Gasteiger partial charge in [-0.1, -0.05) is 29.4 Å². The molecular weight excluding hydrogens is 414 g/mol. The summed E-state index contributed by atoms with van der Waals surface area (Å²) in [6.45, 7) is 1.90. The predicted molar refractivity (Wildman–Crippen MR) is 114 cm³/mol. The number of aliphatic imine (C=N–C) groups is 1. The predicted octanol–water partition coefficient (Wildman–Crippen LogP) is 3.94. The molecule has 2 amide bonds. The SMILES string of the molecule is Cc1ccc(Cl)cc1N=C1S[C@H](CC(=O)Nc2ccc(C(=O)O)cc2)C(=O)N1C. The van der Waals surface area contributed by atoms with Gasteiger partial charge in [-0.05, 0) is 48.9 Å². The van der Waals surface area contributed by atoms with Crippen LogP contribution in [0.3, 0.4) is 0 Å². The highest BCUT2D eigenvalue weighted by atomic mass is 35.5. The molecule has 2 aromatic carbocycles. The van der Waals surface area contributed by atoms with Crippen LogP contribution < -0.4 is 5.32 Å². The largest absolute Gasteiger partial charge is 0.478 e. The molecule has 1 saturated heterocycles. The minimum absolute atomic E-state index is 0.0257. The number of rotatable bonds is 5. The van der Waals surface area contributed by atoms with Gasteiger partial charge in [0, 0.05) is 24.2 Å². The zero-order chi connectivity index (χ0) is 21.1. The van der Waals surface area contributed by atoms with Crippen LogP contribution in [0.5, 0.6) is 0 Å². The molecule has 1 aliphatic rings. The number of nitrogens with one attached hydrogen (secondary N) is 1. The van der Waals surface area contributed by atoms with E-state index in [2.05, 4.69) is 10.3 Å². The number of halogens is 1. The Balaban J connectivity index is 1.67. The first-order valence-electron chi connectivity index (χ1n) is 8.67. The Morgan fingerprint density at radius 2 is 1.93 bits per heavy atom. The number of anilines is 1. The molecule has 2 N–H and O–H groups in total. The third kappa shape index (κ3) is 4.96. The van der Waals surface area contributed by atoms with Crippen LogP contribution in [0.25, 0.3) is 0 Å². The number of amides is 2. The fourth-order valence-electron chi connectivity index (χ4n) is 2.68. The van der Waals surface area contributed by atoms with Crippen LogP contribution in [-0.2, 0) is 9.59 Å². The zero-order valence-corrected chi connectivity index (χ0v) is 17.3. The molecule has 2 aromatic rings. The van der Waals surface area contributed by atoms with Gasteiger partial charge >= 0.3 is 5.97 Å². The van der Waals surface area contributed by atoms with E-state index in [1.54, 1.807) is 19.2 Å². The van der Waals surface area contributed by atoms with Crippen molar-refractivity contribution in [1.82, 2.24) is 4.90 Å². The Morgan fingerprint density at radius 1 is 1.24 bits per heavy atom. The first-order valence-corrected chi connectivity index (χ1v) is 9.92. The number of aryl methyl sites for hydroxylation is 1. The number of nitrogens with zero attached hydrogens (tertiary/aromatic N) is 2. The van der Waals surface area contributed by atoms with E-state index in [9.17, 15) is 14.4 Å². The van der Waals surface area contributed by atoms with Crippen LogP contribution in [0.4, 0.5) is 11.4 Å². The third-order valence-corrected chi connectivity index (χ3v) is 5.78. The maximum absolute atomic E-state index is 12.5. The molecule has 9 heteroatoms. The van der Waals surface area contributed by atoms with E-state index in [1.165, 1.54) is 40.9 Å². The number of benzene rings is 2. The number of amidine groups is 1. The van der Waals surface area contributed by atoms with E-state index in [0.717, 1.165) is 5.56 Å². The third-order valence-electron chi connectivity index (χ3n) is 4.31. The van der Waals surface area contributed by atoms with Gasteiger partial charge in [0.05, 0.1) is 11.3 Å². The van der Waals surface area contributed by atoms with E-state index in [1.807, 2.05) is 13.0 Å². The van der Waals surface area contributed by atoms with Crippen molar-refractivity contribution in [3.8, 4) is 0 Å². The fraction of sp³-hybridized carbons (Fsp3) is 0.200. The number of aromatic carboxylic acids is 1. The molecule has 3 rings (SSSR count). The van der Waals surface area contributed by atoms with E-state index < -0.39 is 11.2 Å². The van der Waals surface area contributed by atoms with Gasteiger partial charge in [-0.15, -0.1) is 0 Å². The summed E-state index contributed by atoms with van der Waals surface area (Å²) in [6, 6.07) is 11.2. The summed E-state index contributed by atoms with van der Waals surface area (Å²) in [5, 5.41) is 12.1. The zero-order valence-electron chi connectivity index (χ0n) is 15.7. The van der Waals surface area contributed by atoms with Gasteiger partial charge in [0.15, 0.2) is 5.17 Å². The van der Waals surface area contributed by atoms with Crippen LogP contribution >= 0.6 is 23.4 Å². The average molecular weight is 432 g/mol. The van der Waals surface area contributed by atoms with Crippen molar-refractivity contribution >= 4 is 57.7 Å². The van der Waals surface area contributed by atoms with Crippen molar-refractivity contribution in [2.45, 2.75) is 18.6 Å². The minimum Gasteiger partial charge on any atom is -0.478 e. The second-order valence-electron chi connectivity index (χ2n) is 6.46. The van der Waals surface area contributed by atoms with Crippen molar-refractivity contribution in [2.75, 3.05) is 12.4 Å². The lowest BCUT2D eigenvalue weighted by Crippen LogP contribution is -2.30. The molecule has 0 aromatic heterocycles. The number of thioether (sulfide) groups is 1. The Morgan fingerprint density at radius 3 is 2.59 bits per heavy atom. The summed E-state index contributed by atoms with van der Waals surface area (Å²) in [6.07, 6.45) is -0.0257. The summed E-state index contributed by atoms with van der Waals surface area (Å²) in [5.41, 5.74) is 2.19. The van der Waals surface area contributed by atoms with Gasteiger partial charge in [-0.3, -0.25) is 14.5 Å². The Bertz CT molecular complexity index is 1010. The second kappa shape index (κ2) is 8.67. The first kappa shape index (κ1) is 20.9. The number of hydrogen-bond donors (Lipinski definition) is 2. The molecule has 1 aliphatic heterocycles. The lowest BCUT2D eigenvalue weighted by Gasteiger charge is -2.10. The van der Waals surface area contributed by atoms with Crippen LogP contribution in [0.2, 0.25) is 5.02 Å². The van der Waals surface area contributed by atoms with Gasteiger partial charge in [0.25, 0.3) is 0 Å². The van der Waals surface area contributed by atoms with Crippen molar-refractivity contribution in [3.05, 3.63) is 58.6 Å².